The van der Waals surface area contributed by atoms with Crippen molar-refractivity contribution in [2.24, 2.45) is 0 Å². The maximum atomic E-state index is 7.04. The molecule has 2 nitrogen and oxygen atoms in total. The van der Waals surface area contributed by atoms with Crippen molar-refractivity contribution in [1.29, 1.82) is 0 Å². The highest BCUT2D eigenvalue weighted by atomic mass is 16.3. The zero-order chi connectivity index (χ0) is 49.3. The van der Waals surface area contributed by atoms with Crippen molar-refractivity contribution in [2.75, 3.05) is 0 Å². The van der Waals surface area contributed by atoms with E-state index in [4.69, 9.17) is 8.83 Å². The molecule has 1 atom stereocenters. The van der Waals surface area contributed by atoms with Gasteiger partial charge in [0.05, 0.1) is 0 Å². The Morgan fingerprint density at radius 2 is 0.944 bits per heavy atom. The molecular weight excluding hydrogens is 873 g/mol. The quantitative estimate of drug-likeness (QED) is 0.166. The normalized spacial score (nSPS) is 15.8. The van der Waals surface area contributed by atoms with Crippen LogP contribution in [0.3, 0.4) is 0 Å². The Hall–Kier alpha value is -7.42. The second-order valence-electron chi connectivity index (χ2n) is 23.4. The molecular formula is C70H60O2. The third-order valence-electron chi connectivity index (χ3n) is 17.8. The fourth-order valence-electron chi connectivity index (χ4n) is 14.7. The predicted octanol–water partition coefficient (Wildman–Crippen LogP) is 18.9. The van der Waals surface area contributed by atoms with Gasteiger partial charge in [0.2, 0.25) is 0 Å². The smallest absolute Gasteiger partial charge is 0.144 e. The highest BCUT2D eigenvalue weighted by molar-refractivity contribution is 6.21. The molecule has 3 aliphatic carbocycles. The Kier molecular flexibility index (Phi) is 8.93. The van der Waals surface area contributed by atoms with Crippen LogP contribution in [0.1, 0.15) is 120 Å². The van der Waals surface area contributed by atoms with Crippen LogP contribution in [0.2, 0.25) is 0 Å². The summed E-state index contributed by atoms with van der Waals surface area (Å²) in [7, 11) is 0. The molecule has 0 aliphatic heterocycles. The molecule has 0 saturated carbocycles. The van der Waals surface area contributed by atoms with E-state index in [2.05, 4.69) is 221 Å². The third kappa shape index (κ3) is 5.84. The van der Waals surface area contributed by atoms with Gasteiger partial charge in [-0.15, -0.1) is 0 Å². The molecule has 2 aromatic heterocycles. The minimum Gasteiger partial charge on any atom is -0.455 e. The first-order chi connectivity index (χ1) is 34.6. The fourth-order valence-corrected chi connectivity index (χ4v) is 14.7. The van der Waals surface area contributed by atoms with E-state index in [-0.39, 0.29) is 22.2 Å². The molecule has 0 spiro atoms. The van der Waals surface area contributed by atoms with Gasteiger partial charge in [-0.25, -0.2) is 0 Å². The van der Waals surface area contributed by atoms with E-state index in [1.165, 1.54) is 133 Å². The van der Waals surface area contributed by atoms with Crippen molar-refractivity contribution < 1.29 is 8.83 Å². The van der Waals surface area contributed by atoms with Crippen LogP contribution in [0.5, 0.6) is 0 Å². The Labute approximate surface area is 423 Å². The van der Waals surface area contributed by atoms with E-state index in [0.29, 0.717) is 0 Å². The van der Waals surface area contributed by atoms with Gasteiger partial charge in [-0.2, -0.15) is 0 Å². The van der Waals surface area contributed by atoms with E-state index >= 15 is 0 Å². The summed E-state index contributed by atoms with van der Waals surface area (Å²) in [5.74, 6) is 0.262. The van der Waals surface area contributed by atoms with Crippen molar-refractivity contribution in [2.45, 2.75) is 104 Å². The van der Waals surface area contributed by atoms with Crippen LogP contribution in [0.25, 0.3) is 88.4 Å². The summed E-state index contributed by atoms with van der Waals surface area (Å²) in [6.07, 6.45) is 1.87. The molecule has 11 aromatic rings. The number of fused-ring (bicyclic) bond motifs is 19. The summed E-state index contributed by atoms with van der Waals surface area (Å²) in [6.45, 7) is 23.7. The van der Waals surface area contributed by atoms with Gasteiger partial charge in [0.1, 0.15) is 22.3 Å². The van der Waals surface area contributed by atoms with Crippen molar-refractivity contribution >= 4 is 43.9 Å². The number of furan rings is 2. The molecule has 9 aromatic carbocycles. The standard InChI is InChI=1S/C70H60O2/c1-38-18-17-19-44(32-38)51-37-55-59(61-49-21-12-15-24-56(49)71-66(51)61)47-28-26-42(35-53(47)68(55,5)6)33-45(58-40(3)30-39(2)31-41(58)4)34-43-27-29-48-54(36-43)70(9,10)65-63(48)67-62(50-22-13-16-25-57(50)72-67)60-46-20-11-14-23-52(46)69(7,8)64(60)65/h11-32,35-37,45H,33-34H2,1-10H3. The molecule has 3 aliphatic rings. The van der Waals surface area contributed by atoms with Crippen LogP contribution in [-0.2, 0) is 29.1 Å². The SMILES string of the molecule is Cc1cccc(-c2cc3c(c4c2oc2ccccc24)-c2ccc(CC(Cc4ccc5c(c4)C(C)(C)c4c6c(c7c(oc8ccccc87)c4-5)-c4ccccc4C6(C)C)c4c(C)cc(C)cc4C)cc2C3(C)C)c1. The zero-order valence-electron chi connectivity index (χ0n) is 43.2. The lowest BCUT2D eigenvalue weighted by Crippen LogP contribution is -2.24. The van der Waals surface area contributed by atoms with Gasteiger partial charge < -0.3 is 8.83 Å². The average molecular weight is 933 g/mol. The first-order valence-corrected chi connectivity index (χ1v) is 26.1. The molecule has 2 heteroatoms. The first-order valence-electron chi connectivity index (χ1n) is 26.1. The molecule has 14 rings (SSSR count). The molecule has 352 valence electrons. The topological polar surface area (TPSA) is 26.3 Å². The second-order valence-corrected chi connectivity index (χ2v) is 23.4. The lowest BCUT2D eigenvalue weighted by atomic mass is 9.72. The number of hydrogen-bond donors (Lipinski definition) is 0. The van der Waals surface area contributed by atoms with Gasteiger partial charge in [0, 0.05) is 48.9 Å². The van der Waals surface area contributed by atoms with E-state index in [1.807, 2.05) is 0 Å². The molecule has 2 heterocycles. The van der Waals surface area contributed by atoms with Crippen LogP contribution in [0, 0.1) is 27.7 Å². The van der Waals surface area contributed by atoms with E-state index in [9.17, 15) is 0 Å². The molecule has 0 saturated heterocycles. The van der Waals surface area contributed by atoms with Gasteiger partial charge in [0.25, 0.3) is 0 Å². The number of rotatable bonds is 6. The minimum atomic E-state index is -0.256. The molecule has 0 N–H and O–H groups in total. The van der Waals surface area contributed by atoms with E-state index in [1.54, 1.807) is 0 Å². The molecule has 72 heavy (non-hydrogen) atoms. The highest BCUT2D eigenvalue weighted by Crippen LogP contribution is 2.63. The molecule has 0 fully saturated rings. The highest BCUT2D eigenvalue weighted by Gasteiger charge is 2.49. The van der Waals surface area contributed by atoms with Gasteiger partial charge in [0.15, 0.2) is 0 Å². The monoisotopic (exact) mass is 932 g/mol. The van der Waals surface area contributed by atoms with Crippen molar-refractivity contribution in [3.63, 3.8) is 0 Å². The van der Waals surface area contributed by atoms with Crippen LogP contribution < -0.4 is 0 Å². The predicted molar refractivity (Wildman–Crippen MR) is 301 cm³/mol. The molecule has 0 amide bonds. The maximum absolute atomic E-state index is 7.04. The molecule has 0 bridgehead atoms. The van der Waals surface area contributed by atoms with Crippen molar-refractivity contribution in [1.82, 2.24) is 0 Å². The Morgan fingerprint density at radius 3 is 1.61 bits per heavy atom. The fraction of sp³-hybridized carbons (Fsp3) is 0.229. The van der Waals surface area contributed by atoms with Crippen molar-refractivity contribution in [3.8, 4) is 44.5 Å². The summed E-state index contributed by atoms with van der Waals surface area (Å²) in [5, 5.41) is 4.86. The average Bonchev–Trinajstić information content (AvgIpc) is 4.10. The minimum absolute atomic E-state index is 0.177. The second kappa shape index (κ2) is 14.8. The summed E-state index contributed by atoms with van der Waals surface area (Å²) < 4.78 is 13.9. The lowest BCUT2D eigenvalue weighted by molar-refractivity contribution is 0.598. The van der Waals surface area contributed by atoms with Gasteiger partial charge in [-0.1, -0.05) is 186 Å². The first kappa shape index (κ1) is 43.4. The van der Waals surface area contributed by atoms with Crippen molar-refractivity contribution in [3.05, 3.63) is 224 Å². The maximum Gasteiger partial charge on any atom is 0.144 e. The number of aryl methyl sites for hydroxylation is 4. The Balaban J connectivity index is 0.900. The number of benzene rings is 9. The molecule has 1 unspecified atom stereocenters. The summed E-state index contributed by atoms with van der Waals surface area (Å²) in [6, 6.07) is 57.3. The van der Waals surface area contributed by atoms with Crippen LogP contribution in [-0.4, -0.2) is 0 Å². The largest absolute Gasteiger partial charge is 0.455 e. The third-order valence-corrected chi connectivity index (χ3v) is 17.8. The van der Waals surface area contributed by atoms with E-state index < -0.39 is 0 Å². The number of hydrogen-bond acceptors (Lipinski definition) is 2. The van der Waals surface area contributed by atoms with Gasteiger partial charge in [-0.05, 0) is 159 Å². The Bertz CT molecular complexity index is 4150. The van der Waals surface area contributed by atoms with Gasteiger partial charge >= 0.3 is 0 Å². The summed E-state index contributed by atoms with van der Waals surface area (Å²) in [5.41, 5.74) is 31.5. The Morgan fingerprint density at radius 1 is 0.403 bits per heavy atom. The van der Waals surface area contributed by atoms with Crippen LogP contribution in [0.15, 0.2) is 160 Å². The number of para-hydroxylation sites is 2. The summed E-state index contributed by atoms with van der Waals surface area (Å²) >= 11 is 0. The molecule has 0 radical (unpaired) electrons. The van der Waals surface area contributed by atoms with Crippen LogP contribution in [0.4, 0.5) is 0 Å². The zero-order valence-corrected chi connectivity index (χ0v) is 43.2. The van der Waals surface area contributed by atoms with Crippen LogP contribution >= 0.6 is 0 Å². The lowest BCUT2D eigenvalue weighted by Gasteiger charge is -2.31. The van der Waals surface area contributed by atoms with Gasteiger partial charge in [-0.3, -0.25) is 0 Å². The summed E-state index contributed by atoms with van der Waals surface area (Å²) in [4.78, 5) is 0. The van der Waals surface area contributed by atoms with E-state index in [0.717, 1.165) is 40.7 Å².